The lowest BCUT2D eigenvalue weighted by molar-refractivity contribution is 0.0919. The SMILES string of the molecule is CC(C)(C)NC(=O)c1cccc(C(=O)Nc2ccc(N(c3ccc(N(c4ccccc4)c4ccccc4)cc3)c3ccc(C(C)(C)C)cc3)cc2)c1. The third-order valence-corrected chi connectivity index (χ3v) is 8.65. The van der Waals surface area contributed by atoms with E-state index < -0.39 is 0 Å². The molecule has 6 nitrogen and oxygen atoms in total. The van der Waals surface area contributed by atoms with Gasteiger partial charge in [-0.15, -0.1) is 0 Å². The summed E-state index contributed by atoms with van der Waals surface area (Å²) in [5, 5.41) is 5.95. The molecule has 0 fully saturated rings. The average Bonchev–Trinajstić information content (AvgIpc) is 3.13. The molecule has 6 rings (SSSR count). The van der Waals surface area contributed by atoms with Crippen molar-refractivity contribution in [2.24, 2.45) is 0 Å². The zero-order valence-corrected chi connectivity index (χ0v) is 30.7. The Bertz CT molecular complexity index is 2070. The van der Waals surface area contributed by atoms with Crippen molar-refractivity contribution in [2.45, 2.75) is 52.5 Å². The van der Waals surface area contributed by atoms with Crippen molar-refractivity contribution in [1.82, 2.24) is 5.32 Å². The van der Waals surface area contributed by atoms with Gasteiger partial charge in [0.2, 0.25) is 0 Å². The summed E-state index contributed by atoms with van der Waals surface area (Å²) < 4.78 is 0. The summed E-state index contributed by atoms with van der Waals surface area (Å²) in [6.07, 6.45) is 0. The van der Waals surface area contributed by atoms with Crippen molar-refractivity contribution in [3.63, 3.8) is 0 Å². The van der Waals surface area contributed by atoms with Gasteiger partial charge in [-0.2, -0.15) is 0 Å². The van der Waals surface area contributed by atoms with Gasteiger partial charge in [0, 0.05) is 56.5 Å². The highest BCUT2D eigenvalue weighted by molar-refractivity contribution is 6.06. The molecule has 6 aromatic rings. The Balaban J connectivity index is 1.30. The zero-order chi connectivity index (χ0) is 36.9. The van der Waals surface area contributed by atoms with E-state index >= 15 is 0 Å². The number of para-hydroxylation sites is 2. The normalized spacial score (nSPS) is 11.4. The molecule has 52 heavy (non-hydrogen) atoms. The fourth-order valence-electron chi connectivity index (χ4n) is 6.02. The predicted molar refractivity (Wildman–Crippen MR) is 216 cm³/mol. The number of carbonyl (C=O) groups excluding carboxylic acids is 2. The number of nitrogens with zero attached hydrogens (tertiary/aromatic N) is 2. The maximum atomic E-state index is 13.3. The van der Waals surface area contributed by atoms with Crippen LogP contribution in [-0.4, -0.2) is 17.4 Å². The summed E-state index contributed by atoms with van der Waals surface area (Å²) in [6.45, 7) is 12.4. The number of amides is 2. The number of carbonyl (C=O) groups is 2. The van der Waals surface area contributed by atoms with Crippen molar-refractivity contribution in [1.29, 1.82) is 0 Å². The van der Waals surface area contributed by atoms with Gasteiger partial charge in [-0.05, 0) is 135 Å². The fourth-order valence-corrected chi connectivity index (χ4v) is 6.02. The van der Waals surface area contributed by atoms with E-state index in [4.69, 9.17) is 0 Å². The first-order chi connectivity index (χ1) is 24.9. The number of benzene rings is 6. The molecule has 0 radical (unpaired) electrons. The van der Waals surface area contributed by atoms with Crippen LogP contribution in [0.4, 0.5) is 39.8 Å². The Labute approximate surface area is 307 Å². The summed E-state index contributed by atoms with van der Waals surface area (Å²) in [6, 6.07) is 52.6. The van der Waals surface area contributed by atoms with Gasteiger partial charge in [0.15, 0.2) is 0 Å². The smallest absolute Gasteiger partial charge is 0.255 e. The number of hydrogen-bond acceptors (Lipinski definition) is 4. The number of rotatable bonds is 9. The maximum Gasteiger partial charge on any atom is 0.255 e. The highest BCUT2D eigenvalue weighted by Gasteiger charge is 2.19. The van der Waals surface area contributed by atoms with Gasteiger partial charge in [-0.3, -0.25) is 9.59 Å². The minimum atomic E-state index is -0.383. The van der Waals surface area contributed by atoms with E-state index in [1.54, 1.807) is 24.3 Å². The van der Waals surface area contributed by atoms with E-state index in [-0.39, 0.29) is 22.8 Å². The van der Waals surface area contributed by atoms with Crippen LogP contribution in [0.3, 0.4) is 0 Å². The Hall–Kier alpha value is -6.14. The first-order valence-corrected chi connectivity index (χ1v) is 17.6. The molecule has 6 heteroatoms. The summed E-state index contributed by atoms with van der Waals surface area (Å²) in [5.41, 5.74) is 8.55. The monoisotopic (exact) mass is 686 g/mol. The Kier molecular flexibility index (Phi) is 10.3. The van der Waals surface area contributed by atoms with Crippen LogP contribution >= 0.6 is 0 Å². The largest absolute Gasteiger partial charge is 0.347 e. The van der Waals surface area contributed by atoms with E-state index in [1.807, 2.05) is 57.2 Å². The minimum Gasteiger partial charge on any atom is -0.347 e. The Morgan fingerprint density at radius 1 is 0.442 bits per heavy atom. The van der Waals surface area contributed by atoms with Crippen LogP contribution in [0.5, 0.6) is 0 Å². The van der Waals surface area contributed by atoms with Crippen LogP contribution in [-0.2, 0) is 5.41 Å². The first kappa shape index (κ1) is 35.7. The molecule has 0 saturated heterocycles. The van der Waals surface area contributed by atoms with E-state index in [9.17, 15) is 9.59 Å². The summed E-state index contributed by atoms with van der Waals surface area (Å²) in [4.78, 5) is 30.5. The second-order valence-electron chi connectivity index (χ2n) is 14.9. The van der Waals surface area contributed by atoms with Crippen molar-refractivity contribution >= 4 is 51.6 Å². The summed E-state index contributed by atoms with van der Waals surface area (Å²) in [5.74, 6) is -0.507. The van der Waals surface area contributed by atoms with Crippen molar-refractivity contribution < 1.29 is 9.59 Å². The Morgan fingerprint density at radius 3 is 1.25 bits per heavy atom. The van der Waals surface area contributed by atoms with Crippen LogP contribution in [0.1, 0.15) is 67.8 Å². The average molecular weight is 687 g/mol. The molecule has 2 amide bonds. The maximum absolute atomic E-state index is 13.3. The third kappa shape index (κ3) is 8.59. The van der Waals surface area contributed by atoms with E-state index in [1.165, 1.54) is 5.56 Å². The molecule has 0 bridgehead atoms. The molecule has 262 valence electrons. The Morgan fingerprint density at radius 2 is 0.827 bits per heavy atom. The molecule has 2 N–H and O–H groups in total. The molecular formula is C46H46N4O2. The van der Waals surface area contributed by atoms with Gasteiger partial charge in [0.1, 0.15) is 0 Å². The second kappa shape index (κ2) is 15.0. The first-order valence-electron chi connectivity index (χ1n) is 17.6. The highest BCUT2D eigenvalue weighted by Crippen LogP contribution is 2.39. The predicted octanol–water partition coefficient (Wildman–Crippen LogP) is 11.7. The van der Waals surface area contributed by atoms with Gasteiger partial charge < -0.3 is 20.4 Å². The highest BCUT2D eigenvalue weighted by atomic mass is 16.2. The standard InChI is InChI=1S/C46H46N4O2/c1-45(2,3)35-20-24-39(25-21-35)50(42-30-28-41(29-31-42)49(37-16-9-7-10-17-37)38-18-11-8-12-19-38)40-26-22-36(23-27-40)47-43(51)33-14-13-15-34(32-33)44(52)48-46(4,5)6/h7-32H,1-6H3,(H,47,51)(H,48,52). The van der Waals surface area contributed by atoms with Crippen LogP contribution in [0.15, 0.2) is 158 Å². The molecule has 0 aliphatic heterocycles. The van der Waals surface area contributed by atoms with E-state index in [0.29, 0.717) is 16.8 Å². The molecule has 0 aliphatic rings. The summed E-state index contributed by atoms with van der Waals surface area (Å²) in [7, 11) is 0. The van der Waals surface area contributed by atoms with Gasteiger partial charge in [-0.1, -0.05) is 75.4 Å². The van der Waals surface area contributed by atoms with Crippen LogP contribution in [0.2, 0.25) is 0 Å². The lowest BCUT2D eigenvalue weighted by Crippen LogP contribution is -2.40. The van der Waals surface area contributed by atoms with Crippen LogP contribution < -0.4 is 20.4 Å². The molecule has 0 aliphatic carbocycles. The number of hydrogen-bond donors (Lipinski definition) is 2. The fraction of sp³-hybridized carbons (Fsp3) is 0.174. The number of anilines is 7. The van der Waals surface area contributed by atoms with Crippen LogP contribution in [0, 0.1) is 0 Å². The molecule has 6 aromatic carbocycles. The quantitative estimate of drug-likeness (QED) is 0.159. The van der Waals surface area contributed by atoms with Crippen LogP contribution in [0.25, 0.3) is 0 Å². The minimum absolute atomic E-state index is 0.0269. The molecule has 0 heterocycles. The van der Waals surface area contributed by atoms with Crippen molar-refractivity contribution in [3.05, 3.63) is 174 Å². The topological polar surface area (TPSA) is 64.7 Å². The molecule has 0 unspecified atom stereocenters. The molecule has 0 saturated carbocycles. The van der Waals surface area contributed by atoms with Crippen molar-refractivity contribution in [2.75, 3.05) is 15.1 Å². The van der Waals surface area contributed by atoms with Gasteiger partial charge >= 0.3 is 0 Å². The third-order valence-electron chi connectivity index (χ3n) is 8.65. The zero-order valence-electron chi connectivity index (χ0n) is 30.7. The lowest BCUT2D eigenvalue weighted by atomic mass is 9.87. The summed E-state index contributed by atoms with van der Waals surface area (Å²) >= 11 is 0. The van der Waals surface area contributed by atoms with E-state index in [2.05, 4.69) is 138 Å². The molecule has 0 aromatic heterocycles. The molecule has 0 spiro atoms. The van der Waals surface area contributed by atoms with Gasteiger partial charge in [0.05, 0.1) is 0 Å². The van der Waals surface area contributed by atoms with E-state index in [0.717, 1.165) is 34.1 Å². The lowest BCUT2D eigenvalue weighted by Gasteiger charge is -2.29. The van der Waals surface area contributed by atoms with Gasteiger partial charge in [0.25, 0.3) is 11.8 Å². The van der Waals surface area contributed by atoms with Crippen molar-refractivity contribution in [3.8, 4) is 0 Å². The number of nitrogens with one attached hydrogen (secondary N) is 2. The molecular weight excluding hydrogens is 641 g/mol. The van der Waals surface area contributed by atoms with Gasteiger partial charge in [-0.25, -0.2) is 0 Å². The second-order valence-corrected chi connectivity index (χ2v) is 14.9. The molecule has 0 atom stereocenters.